The van der Waals surface area contributed by atoms with Crippen molar-refractivity contribution < 1.29 is 4.79 Å². The van der Waals surface area contributed by atoms with Crippen LogP contribution in [-0.4, -0.2) is 47.3 Å². The third kappa shape index (κ3) is 4.35. The minimum atomic E-state index is -0.0526. The molecule has 1 aliphatic rings. The van der Waals surface area contributed by atoms with Gasteiger partial charge in [-0.1, -0.05) is 22.0 Å². The lowest BCUT2D eigenvalue weighted by Gasteiger charge is -2.17. The Hall–Kier alpha value is -1.66. The first-order valence-corrected chi connectivity index (χ1v) is 10.1. The molecule has 1 aliphatic carbocycles. The molecule has 1 heterocycles. The van der Waals surface area contributed by atoms with Gasteiger partial charge in [0.15, 0.2) is 5.69 Å². The molecule has 1 atom stereocenters. The molecule has 1 aromatic carbocycles. The average Bonchev–Trinajstić information content (AvgIpc) is 3.00. The molecule has 5 nitrogen and oxygen atoms in total. The van der Waals surface area contributed by atoms with E-state index < -0.39 is 0 Å². The standard InChI is InChI=1S/C20H27BrN4O/c1-14(11-12-24(2)3)22-20(26)19-17-9-4-5-10-18(17)25(23-19)16-8-6-7-15(21)13-16/h6-8,13-14H,4-5,9-12H2,1-3H3,(H,22,26). The number of aromatic nitrogens is 2. The van der Waals surface area contributed by atoms with Gasteiger partial charge in [0.1, 0.15) is 0 Å². The molecule has 0 fully saturated rings. The number of fused-ring (bicyclic) bond motifs is 1. The maximum atomic E-state index is 12.9. The van der Waals surface area contributed by atoms with Gasteiger partial charge in [-0.05, 0) is 77.9 Å². The van der Waals surface area contributed by atoms with Crippen molar-refractivity contribution in [3.8, 4) is 5.69 Å². The third-order valence-electron chi connectivity index (χ3n) is 4.83. The van der Waals surface area contributed by atoms with E-state index in [2.05, 4.69) is 33.1 Å². The van der Waals surface area contributed by atoms with Gasteiger partial charge in [0, 0.05) is 21.8 Å². The summed E-state index contributed by atoms with van der Waals surface area (Å²) < 4.78 is 2.97. The van der Waals surface area contributed by atoms with Crippen LogP contribution < -0.4 is 5.32 Å². The van der Waals surface area contributed by atoms with E-state index in [1.807, 2.05) is 43.0 Å². The van der Waals surface area contributed by atoms with Crippen molar-refractivity contribution in [2.24, 2.45) is 0 Å². The fourth-order valence-corrected chi connectivity index (χ4v) is 3.81. The van der Waals surface area contributed by atoms with Gasteiger partial charge in [-0.2, -0.15) is 5.10 Å². The Kier molecular flexibility index (Phi) is 6.14. The van der Waals surface area contributed by atoms with Crippen molar-refractivity contribution in [3.63, 3.8) is 0 Å². The Morgan fingerprint density at radius 3 is 2.85 bits per heavy atom. The first kappa shape index (κ1) is 19.1. The first-order valence-electron chi connectivity index (χ1n) is 9.28. The van der Waals surface area contributed by atoms with Crippen LogP contribution in [-0.2, 0) is 12.8 Å². The molecule has 0 spiro atoms. The molecule has 0 radical (unpaired) electrons. The second kappa shape index (κ2) is 8.35. The molecule has 0 bridgehead atoms. The second-order valence-corrected chi connectivity index (χ2v) is 8.25. The zero-order chi connectivity index (χ0) is 18.7. The zero-order valence-electron chi connectivity index (χ0n) is 15.8. The van der Waals surface area contributed by atoms with Gasteiger partial charge in [-0.3, -0.25) is 4.79 Å². The molecular weight excluding hydrogens is 392 g/mol. The van der Waals surface area contributed by atoms with Gasteiger partial charge in [0.2, 0.25) is 0 Å². The fourth-order valence-electron chi connectivity index (χ4n) is 3.42. The summed E-state index contributed by atoms with van der Waals surface area (Å²) in [5, 5.41) is 7.85. The first-order chi connectivity index (χ1) is 12.5. The van der Waals surface area contributed by atoms with Gasteiger partial charge in [0.05, 0.1) is 5.69 Å². The highest BCUT2D eigenvalue weighted by molar-refractivity contribution is 9.10. The van der Waals surface area contributed by atoms with Gasteiger partial charge < -0.3 is 10.2 Å². The number of hydrogen-bond donors (Lipinski definition) is 1. The zero-order valence-corrected chi connectivity index (χ0v) is 17.3. The number of rotatable bonds is 6. The molecule has 6 heteroatoms. The van der Waals surface area contributed by atoms with Crippen LogP contribution in [0, 0.1) is 0 Å². The summed E-state index contributed by atoms with van der Waals surface area (Å²) in [7, 11) is 4.09. The molecule has 1 N–H and O–H groups in total. The number of benzene rings is 1. The number of nitrogens with one attached hydrogen (secondary N) is 1. The topological polar surface area (TPSA) is 50.2 Å². The Labute approximate surface area is 163 Å². The van der Waals surface area contributed by atoms with Crippen LogP contribution in [0.2, 0.25) is 0 Å². The lowest BCUT2D eigenvalue weighted by atomic mass is 9.95. The van der Waals surface area contributed by atoms with Crippen molar-refractivity contribution in [1.82, 2.24) is 20.0 Å². The summed E-state index contributed by atoms with van der Waals surface area (Å²) >= 11 is 3.53. The Bertz CT molecular complexity index is 784. The SMILES string of the molecule is CC(CCN(C)C)NC(=O)c1nn(-c2cccc(Br)c2)c2c1CCCC2. The van der Waals surface area contributed by atoms with Crippen LogP contribution in [0.25, 0.3) is 5.69 Å². The Balaban J connectivity index is 1.87. The molecule has 0 aliphatic heterocycles. The number of amides is 1. The van der Waals surface area contributed by atoms with Gasteiger partial charge in [-0.25, -0.2) is 4.68 Å². The van der Waals surface area contributed by atoms with Crippen LogP contribution in [0.15, 0.2) is 28.7 Å². The van der Waals surface area contributed by atoms with Crippen LogP contribution in [0.3, 0.4) is 0 Å². The van der Waals surface area contributed by atoms with Crippen LogP contribution in [0.4, 0.5) is 0 Å². The quantitative estimate of drug-likeness (QED) is 0.779. The Morgan fingerprint density at radius 2 is 2.12 bits per heavy atom. The van der Waals surface area contributed by atoms with Crippen LogP contribution in [0.1, 0.15) is 47.9 Å². The molecule has 2 aromatic rings. The van der Waals surface area contributed by atoms with E-state index in [9.17, 15) is 4.79 Å². The van der Waals surface area contributed by atoms with Crippen LogP contribution in [0.5, 0.6) is 0 Å². The maximum Gasteiger partial charge on any atom is 0.272 e. The minimum absolute atomic E-state index is 0.0526. The molecule has 140 valence electrons. The average molecular weight is 419 g/mol. The molecule has 0 saturated heterocycles. The van der Waals surface area contributed by atoms with E-state index in [0.29, 0.717) is 5.69 Å². The normalized spacial score (nSPS) is 15.0. The molecule has 3 rings (SSSR count). The second-order valence-electron chi connectivity index (χ2n) is 7.34. The molecule has 26 heavy (non-hydrogen) atoms. The van der Waals surface area contributed by atoms with Crippen molar-refractivity contribution in [1.29, 1.82) is 0 Å². The lowest BCUT2D eigenvalue weighted by Crippen LogP contribution is -2.35. The monoisotopic (exact) mass is 418 g/mol. The summed E-state index contributed by atoms with van der Waals surface area (Å²) in [6.07, 6.45) is 5.09. The fraction of sp³-hybridized carbons (Fsp3) is 0.500. The number of hydrogen-bond acceptors (Lipinski definition) is 3. The van der Waals surface area contributed by atoms with Gasteiger partial charge >= 0.3 is 0 Å². The predicted octanol–water partition coefficient (Wildman–Crippen LogP) is 3.58. The summed E-state index contributed by atoms with van der Waals surface area (Å²) in [4.78, 5) is 15.0. The van der Waals surface area contributed by atoms with Crippen LogP contribution >= 0.6 is 15.9 Å². The number of halogens is 1. The number of carbonyl (C=O) groups is 1. The van der Waals surface area contributed by atoms with Gasteiger partial charge in [-0.15, -0.1) is 0 Å². The third-order valence-corrected chi connectivity index (χ3v) is 5.33. The summed E-state index contributed by atoms with van der Waals surface area (Å²) in [5.74, 6) is -0.0526. The number of carbonyl (C=O) groups excluding carboxylic acids is 1. The van der Waals surface area contributed by atoms with E-state index in [4.69, 9.17) is 5.10 Å². The highest BCUT2D eigenvalue weighted by atomic mass is 79.9. The molecule has 1 aromatic heterocycles. The summed E-state index contributed by atoms with van der Waals surface area (Å²) in [5.41, 5.74) is 3.89. The highest BCUT2D eigenvalue weighted by Gasteiger charge is 2.26. The summed E-state index contributed by atoms with van der Waals surface area (Å²) in [6.45, 7) is 3.01. The van der Waals surface area contributed by atoms with E-state index in [-0.39, 0.29) is 11.9 Å². The van der Waals surface area contributed by atoms with E-state index >= 15 is 0 Å². The van der Waals surface area contributed by atoms with Gasteiger partial charge in [0.25, 0.3) is 5.91 Å². The molecule has 1 unspecified atom stereocenters. The maximum absolute atomic E-state index is 12.9. The Morgan fingerprint density at radius 1 is 1.35 bits per heavy atom. The largest absolute Gasteiger partial charge is 0.348 e. The molecular formula is C20H27BrN4O. The predicted molar refractivity (Wildman–Crippen MR) is 108 cm³/mol. The lowest BCUT2D eigenvalue weighted by molar-refractivity contribution is 0.0930. The van der Waals surface area contributed by atoms with E-state index in [1.54, 1.807) is 0 Å². The smallest absolute Gasteiger partial charge is 0.272 e. The van der Waals surface area contributed by atoms with E-state index in [1.165, 1.54) is 5.69 Å². The molecule has 1 amide bonds. The minimum Gasteiger partial charge on any atom is -0.348 e. The van der Waals surface area contributed by atoms with Crippen molar-refractivity contribution >= 4 is 21.8 Å². The van der Waals surface area contributed by atoms with Crippen molar-refractivity contribution in [3.05, 3.63) is 45.7 Å². The van der Waals surface area contributed by atoms with Crippen molar-refractivity contribution in [2.45, 2.75) is 45.1 Å². The molecule has 0 saturated carbocycles. The number of nitrogens with zero attached hydrogens (tertiary/aromatic N) is 3. The highest BCUT2D eigenvalue weighted by Crippen LogP contribution is 2.28. The summed E-state index contributed by atoms with van der Waals surface area (Å²) in [6, 6.07) is 8.20. The van der Waals surface area contributed by atoms with Crippen molar-refractivity contribution in [2.75, 3.05) is 20.6 Å². The van der Waals surface area contributed by atoms with E-state index in [0.717, 1.165) is 54.4 Å².